The number of unbranched alkanes of at least 4 members (excludes halogenated alkanes) is 8. The first-order chi connectivity index (χ1) is 10.4. The average molecular weight is 304 g/mol. The first-order valence-electron chi connectivity index (χ1n) is 8.49. The predicted molar refractivity (Wildman–Crippen MR) is 94.5 cm³/mol. The van der Waals surface area contributed by atoms with Crippen molar-refractivity contribution in [2.75, 3.05) is 6.61 Å². The van der Waals surface area contributed by atoms with Crippen molar-refractivity contribution in [2.45, 2.75) is 64.7 Å². The van der Waals surface area contributed by atoms with Crippen LogP contribution in [0, 0.1) is 0 Å². The highest BCUT2D eigenvalue weighted by Gasteiger charge is 1.98. The van der Waals surface area contributed by atoms with E-state index in [4.69, 9.17) is 4.74 Å². The molecule has 0 saturated carbocycles. The summed E-state index contributed by atoms with van der Waals surface area (Å²) < 4.78 is 5.85. The lowest BCUT2D eigenvalue weighted by atomic mass is 10.1. The highest BCUT2D eigenvalue weighted by Crippen LogP contribution is 2.24. The lowest BCUT2D eigenvalue weighted by Crippen LogP contribution is -1.97. The van der Waals surface area contributed by atoms with E-state index < -0.39 is 0 Å². The molecule has 2 rings (SSSR count). The number of rotatable bonds is 11. The number of fused-ring (bicyclic) bond motifs is 1. The number of thiophene rings is 1. The molecule has 0 N–H and O–H groups in total. The highest BCUT2D eigenvalue weighted by atomic mass is 32.1. The molecular weight excluding hydrogens is 276 g/mol. The number of hydrogen-bond acceptors (Lipinski definition) is 2. The number of hydrogen-bond donors (Lipinski definition) is 0. The van der Waals surface area contributed by atoms with E-state index in [1.807, 2.05) is 0 Å². The minimum absolute atomic E-state index is 0.853. The van der Waals surface area contributed by atoms with Gasteiger partial charge in [-0.1, -0.05) is 58.3 Å². The molecule has 0 fully saturated rings. The van der Waals surface area contributed by atoms with Gasteiger partial charge in [0.15, 0.2) is 0 Å². The predicted octanol–water partition coefficient (Wildman–Crippen LogP) is 6.81. The fourth-order valence-corrected chi connectivity index (χ4v) is 3.42. The van der Waals surface area contributed by atoms with Crippen LogP contribution in [0.1, 0.15) is 64.7 Å². The van der Waals surface area contributed by atoms with Gasteiger partial charge in [-0.2, -0.15) is 11.3 Å². The van der Waals surface area contributed by atoms with Crippen molar-refractivity contribution in [2.24, 2.45) is 0 Å². The summed E-state index contributed by atoms with van der Waals surface area (Å²) in [5.41, 5.74) is 0. The van der Waals surface area contributed by atoms with E-state index in [2.05, 4.69) is 35.9 Å². The fourth-order valence-electron chi connectivity index (χ4n) is 2.64. The third-order valence-corrected chi connectivity index (χ3v) is 4.74. The second-order valence-electron chi connectivity index (χ2n) is 5.84. The summed E-state index contributed by atoms with van der Waals surface area (Å²) in [5, 5.41) is 6.97. The zero-order chi connectivity index (χ0) is 14.8. The Bertz CT molecular complexity index is 503. The van der Waals surface area contributed by atoms with Crippen molar-refractivity contribution in [3.63, 3.8) is 0 Å². The van der Waals surface area contributed by atoms with Gasteiger partial charge in [0.25, 0.3) is 0 Å². The van der Waals surface area contributed by atoms with Gasteiger partial charge in [-0.15, -0.1) is 0 Å². The molecule has 0 unspecified atom stereocenters. The molecule has 21 heavy (non-hydrogen) atoms. The summed E-state index contributed by atoms with van der Waals surface area (Å²) in [7, 11) is 0. The van der Waals surface area contributed by atoms with E-state index in [1.54, 1.807) is 11.3 Å². The largest absolute Gasteiger partial charge is 0.494 e. The van der Waals surface area contributed by atoms with Gasteiger partial charge in [0, 0.05) is 0 Å². The van der Waals surface area contributed by atoms with E-state index in [0.717, 1.165) is 12.4 Å². The number of ether oxygens (including phenoxy) is 1. The zero-order valence-electron chi connectivity index (χ0n) is 13.3. The third-order valence-electron chi connectivity index (χ3n) is 3.96. The quantitative estimate of drug-likeness (QED) is 0.414. The molecule has 1 aromatic carbocycles. The van der Waals surface area contributed by atoms with Crippen LogP contribution in [0.3, 0.4) is 0 Å². The van der Waals surface area contributed by atoms with Crippen molar-refractivity contribution in [3.8, 4) is 5.75 Å². The topological polar surface area (TPSA) is 9.23 Å². The van der Waals surface area contributed by atoms with Crippen molar-refractivity contribution >= 4 is 22.1 Å². The standard InChI is InChI=1S/C19H28OS/c1-2-3-4-5-6-7-8-9-10-13-20-19-12-11-17-15-21-16-18(17)14-19/h11-12,14-16H,2-10,13H2,1H3. The van der Waals surface area contributed by atoms with Crippen LogP contribution in [0.2, 0.25) is 0 Å². The Balaban J connectivity index is 1.49. The van der Waals surface area contributed by atoms with Crippen LogP contribution < -0.4 is 4.74 Å². The minimum Gasteiger partial charge on any atom is -0.494 e. The minimum atomic E-state index is 0.853. The Kier molecular flexibility index (Phi) is 7.66. The second-order valence-corrected chi connectivity index (χ2v) is 6.58. The molecule has 1 nitrogen and oxygen atoms in total. The van der Waals surface area contributed by atoms with Crippen molar-refractivity contribution in [1.29, 1.82) is 0 Å². The Morgan fingerprint density at radius 1 is 0.810 bits per heavy atom. The Morgan fingerprint density at radius 2 is 1.48 bits per heavy atom. The Hall–Kier alpha value is -1.02. The molecule has 0 amide bonds. The van der Waals surface area contributed by atoms with Gasteiger partial charge in [-0.05, 0) is 46.2 Å². The summed E-state index contributed by atoms with van der Waals surface area (Å²) in [6, 6.07) is 6.39. The molecule has 1 aromatic heterocycles. The molecule has 2 heteroatoms. The lowest BCUT2D eigenvalue weighted by molar-refractivity contribution is 0.304. The maximum Gasteiger partial charge on any atom is 0.119 e. The van der Waals surface area contributed by atoms with Gasteiger partial charge in [-0.3, -0.25) is 0 Å². The van der Waals surface area contributed by atoms with Gasteiger partial charge in [-0.25, -0.2) is 0 Å². The van der Waals surface area contributed by atoms with Crippen molar-refractivity contribution < 1.29 is 4.74 Å². The summed E-state index contributed by atoms with van der Waals surface area (Å²) >= 11 is 1.75. The fraction of sp³-hybridized carbons (Fsp3) is 0.579. The number of benzene rings is 1. The molecule has 0 aliphatic carbocycles. The van der Waals surface area contributed by atoms with Crippen LogP contribution in [-0.2, 0) is 0 Å². The third kappa shape index (κ3) is 6.09. The molecule has 1 heterocycles. The molecule has 0 aliphatic heterocycles. The normalized spacial score (nSPS) is 11.1. The first-order valence-corrected chi connectivity index (χ1v) is 9.43. The molecule has 0 bridgehead atoms. The molecule has 0 radical (unpaired) electrons. The maximum absolute atomic E-state index is 5.85. The molecule has 0 saturated heterocycles. The second kappa shape index (κ2) is 9.83. The SMILES string of the molecule is CCCCCCCCCCCOc1ccc2cscc2c1. The van der Waals surface area contributed by atoms with Gasteiger partial charge < -0.3 is 4.74 Å². The molecule has 2 aromatic rings. The molecular formula is C19H28OS. The van der Waals surface area contributed by atoms with Crippen LogP contribution in [0.4, 0.5) is 0 Å². The monoisotopic (exact) mass is 304 g/mol. The molecule has 0 spiro atoms. The first kappa shape index (κ1) is 16.4. The maximum atomic E-state index is 5.85. The van der Waals surface area contributed by atoms with E-state index in [9.17, 15) is 0 Å². The zero-order valence-corrected chi connectivity index (χ0v) is 14.1. The summed E-state index contributed by atoms with van der Waals surface area (Å²) in [6.07, 6.45) is 12.2. The van der Waals surface area contributed by atoms with E-state index in [-0.39, 0.29) is 0 Å². The Labute approximate surface area is 133 Å². The van der Waals surface area contributed by atoms with E-state index in [1.165, 1.54) is 68.6 Å². The summed E-state index contributed by atoms with van der Waals surface area (Å²) in [5.74, 6) is 1.01. The van der Waals surface area contributed by atoms with Gasteiger partial charge in [0.1, 0.15) is 5.75 Å². The van der Waals surface area contributed by atoms with E-state index in [0.29, 0.717) is 0 Å². The van der Waals surface area contributed by atoms with Gasteiger partial charge in [0.05, 0.1) is 6.61 Å². The van der Waals surface area contributed by atoms with Crippen LogP contribution >= 0.6 is 11.3 Å². The van der Waals surface area contributed by atoms with Gasteiger partial charge >= 0.3 is 0 Å². The smallest absolute Gasteiger partial charge is 0.119 e. The van der Waals surface area contributed by atoms with Crippen molar-refractivity contribution in [3.05, 3.63) is 29.0 Å². The van der Waals surface area contributed by atoms with Crippen LogP contribution in [0.5, 0.6) is 5.75 Å². The summed E-state index contributed by atoms with van der Waals surface area (Å²) in [4.78, 5) is 0. The summed E-state index contributed by atoms with van der Waals surface area (Å²) in [6.45, 7) is 3.13. The average Bonchev–Trinajstić information content (AvgIpc) is 2.97. The highest BCUT2D eigenvalue weighted by molar-refractivity contribution is 7.09. The molecule has 0 atom stereocenters. The van der Waals surface area contributed by atoms with E-state index >= 15 is 0 Å². The lowest BCUT2D eigenvalue weighted by Gasteiger charge is -2.06. The van der Waals surface area contributed by atoms with Crippen molar-refractivity contribution in [1.82, 2.24) is 0 Å². The molecule has 116 valence electrons. The molecule has 0 aliphatic rings. The van der Waals surface area contributed by atoms with Gasteiger partial charge in [0.2, 0.25) is 0 Å². The van der Waals surface area contributed by atoms with Crippen LogP contribution in [0.25, 0.3) is 10.8 Å². The van der Waals surface area contributed by atoms with Crippen LogP contribution in [-0.4, -0.2) is 6.61 Å². The van der Waals surface area contributed by atoms with Crippen LogP contribution in [0.15, 0.2) is 29.0 Å². The Morgan fingerprint density at radius 3 is 2.24 bits per heavy atom.